The van der Waals surface area contributed by atoms with Gasteiger partial charge in [0.2, 0.25) is 12.3 Å². The third kappa shape index (κ3) is 5.33. The summed E-state index contributed by atoms with van der Waals surface area (Å²) in [5.74, 6) is -3.00. The lowest BCUT2D eigenvalue weighted by Gasteiger charge is -2.23. The van der Waals surface area contributed by atoms with E-state index in [0.29, 0.717) is 0 Å². The number of nitrogens with zero attached hydrogens (tertiary/aromatic N) is 3. The molecule has 1 unspecified atom stereocenters. The molecule has 0 aliphatic carbocycles. The predicted molar refractivity (Wildman–Crippen MR) is 125 cm³/mol. The van der Waals surface area contributed by atoms with Crippen molar-refractivity contribution in [1.29, 1.82) is 0 Å². The minimum absolute atomic E-state index is 0.0688. The molecule has 0 fully saturated rings. The molecule has 1 aliphatic heterocycles. The highest BCUT2D eigenvalue weighted by Crippen LogP contribution is 2.41. The van der Waals surface area contributed by atoms with E-state index in [4.69, 9.17) is 15.2 Å². The summed E-state index contributed by atoms with van der Waals surface area (Å²) in [6.07, 6.45) is -11.7. The number of hydrogen-bond donors (Lipinski definition) is 3. The summed E-state index contributed by atoms with van der Waals surface area (Å²) in [6.45, 7) is 1.53. The number of nitrogen functional groups attached to an aromatic ring is 1. The zero-order valence-electron chi connectivity index (χ0n) is 20.1. The van der Waals surface area contributed by atoms with Crippen LogP contribution in [-0.4, -0.2) is 60.4 Å². The largest absolute Gasteiger partial charge is 0.467 e. The summed E-state index contributed by atoms with van der Waals surface area (Å²) in [5.41, 5.74) is 3.02. The normalized spacial score (nSPS) is 16.6. The SMILES string of the molecule is COc1nc2c3c(nc(-c4cc(N)c(F)c(C)c4CC(F)F)c(F)c3n1)OC(C(F)(F)F)CCNCCN2. The Bertz CT molecular complexity index is 1350. The number of ether oxygens (including phenoxy) is 2. The number of hydrogen-bond acceptors (Lipinski definition) is 8. The van der Waals surface area contributed by atoms with Crippen LogP contribution in [0.25, 0.3) is 22.2 Å². The molecule has 0 saturated heterocycles. The Kier molecular flexibility index (Phi) is 7.67. The van der Waals surface area contributed by atoms with E-state index in [1.807, 2.05) is 0 Å². The van der Waals surface area contributed by atoms with Crippen LogP contribution in [0.15, 0.2) is 6.07 Å². The molecule has 15 heteroatoms. The average molecular weight is 548 g/mol. The van der Waals surface area contributed by atoms with E-state index in [-0.39, 0.29) is 53.5 Å². The highest BCUT2D eigenvalue weighted by molar-refractivity contribution is 5.96. The molecule has 0 saturated carbocycles. The third-order valence-electron chi connectivity index (χ3n) is 5.98. The number of nitrogens with two attached hydrogens (primary N) is 1. The van der Waals surface area contributed by atoms with Crippen molar-refractivity contribution in [3.8, 4) is 23.1 Å². The van der Waals surface area contributed by atoms with Crippen LogP contribution in [0.5, 0.6) is 11.9 Å². The number of halogens is 7. The quantitative estimate of drug-likeness (QED) is 0.326. The van der Waals surface area contributed by atoms with E-state index in [0.717, 1.165) is 6.07 Å². The Labute approximate surface area is 211 Å². The maximum atomic E-state index is 16.1. The summed E-state index contributed by atoms with van der Waals surface area (Å²) in [7, 11) is 1.20. The average Bonchev–Trinajstić information content (AvgIpc) is 2.89. The Balaban J connectivity index is 2.08. The lowest BCUT2D eigenvalue weighted by Crippen LogP contribution is -2.37. The second kappa shape index (κ2) is 10.6. The van der Waals surface area contributed by atoms with E-state index < -0.39 is 66.0 Å². The molecule has 1 aromatic carbocycles. The first-order valence-electron chi connectivity index (χ1n) is 11.4. The van der Waals surface area contributed by atoms with Crippen molar-refractivity contribution in [2.75, 3.05) is 37.8 Å². The molecule has 2 aromatic heterocycles. The van der Waals surface area contributed by atoms with Crippen LogP contribution in [0.1, 0.15) is 17.5 Å². The summed E-state index contributed by atoms with van der Waals surface area (Å²) >= 11 is 0. The van der Waals surface area contributed by atoms with Gasteiger partial charge < -0.3 is 25.8 Å². The summed E-state index contributed by atoms with van der Waals surface area (Å²) in [6, 6.07) is 0.567. The van der Waals surface area contributed by atoms with Crippen molar-refractivity contribution in [3.63, 3.8) is 0 Å². The Morgan fingerprint density at radius 1 is 1.13 bits per heavy atom. The molecule has 1 atom stereocenters. The van der Waals surface area contributed by atoms with Crippen LogP contribution in [0.2, 0.25) is 0 Å². The van der Waals surface area contributed by atoms with Gasteiger partial charge in [0, 0.05) is 31.5 Å². The molecule has 38 heavy (non-hydrogen) atoms. The van der Waals surface area contributed by atoms with Crippen molar-refractivity contribution in [2.24, 2.45) is 0 Å². The number of methoxy groups -OCH3 is 1. The van der Waals surface area contributed by atoms with Gasteiger partial charge in [-0.1, -0.05) is 0 Å². The van der Waals surface area contributed by atoms with Gasteiger partial charge in [0.25, 0.3) is 0 Å². The number of alkyl halides is 5. The van der Waals surface area contributed by atoms with Crippen LogP contribution < -0.4 is 25.8 Å². The molecule has 4 N–H and O–H groups in total. The second-order valence-electron chi connectivity index (χ2n) is 8.50. The minimum Gasteiger partial charge on any atom is -0.467 e. The fraction of sp³-hybridized carbons (Fsp3) is 0.435. The molecule has 0 spiro atoms. The van der Waals surface area contributed by atoms with E-state index in [1.165, 1.54) is 14.0 Å². The fourth-order valence-electron chi connectivity index (χ4n) is 4.14. The van der Waals surface area contributed by atoms with Gasteiger partial charge in [-0.25, -0.2) is 22.5 Å². The standard InChI is InChI=1S/C23H23F7N6O2/c1-9-10(8-14(24)25)11(7-12(31)16(9)26)18-17(27)19-15-20(36-22(35-19)37-2)33-6-5-32-4-3-13(23(28,29)30)38-21(15)34-18/h7,13-14,32H,3-6,8,31H2,1-2H3,(H,33,35,36). The van der Waals surface area contributed by atoms with Crippen molar-refractivity contribution in [1.82, 2.24) is 20.3 Å². The summed E-state index contributed by atoms with van der Waals surface area (Å²) < 4.78 is 109. The lowest BCUT2D eigenvalue weighted by atomic mass is 9.94. The number of anilines is 2. The maximum Gasteiger partial charge on any atom is 0.425 e. The summed E-state index contributed by atoms with van der Waals surface area (Å²) in [5, 5.41) is 5.39. The van der Waals surface area contributed by atoms with Gasteiger partial charge in [-0.3, -0.25) is 0 Å². The molecular weight excluding hydrogens is 525 g/mol. The highest BCUT2D eigenvalue weighted by Gasteiger charge is 2.42. The maximum absolute atomic E-state index is 16.1. The second-order valence-corrected chi connectivity index (χ2v) is 8.50. The van der Waals surface area contributed by atoms with E-state index in [1.54, 1.807) is 0 Å². The van der Waals surface area contributed by atoms with E-state index in [2.05, 4.69) is 25.6 Å². The first kappa shape index (κ1) is 27.4. The van der Waals surface area contributed by atoms with Crippen molar-refractivity contribution in [3.05, 3.63) is 28.8 Å². The van der Waals surface area contributed by atoms with Gasteiger partial charge in [-0.2, -0.15) is 23.1 Å². The molecule has 3 aromatic rings. The number of nitrogens with one attached hydrogen (secondary N) is 2. The number of rotatable bonds is 4. The predicted octanol–water partition coefficient (Wildman–Crippen LogP) is 4.39. The Morgan fingerprint density at radius 2 is 1.87 bits per heavy atom. The van der Waals surface area contributed by atoms with Gasteiger partial charge in [-0.05, 0) is 30.7 Å². The van der Waals surface area contributed by atoms with Crippen molar-refractivity contribution in [2.45, 2.75) is 38.5 Å². The Morgan fingerprint density at radius 3 is 2.53 bits per heavy atom. The zero-order chi connectivity index (χ0) is 27.8. The van der Waals surface area contributed by atoms with Crippen LogP contribution in [-0.2, 0) is 6.42 Å². The molecule has 8 nitrogen and oxygen atoms in total. The van der Waals surface area contributed by atoms with Gasteiger partial charge in [0.15, 0.2) is 11.9 Å². The van der Waals surface area contributed by atoms with Crippen LogP contribution in [0.3, 0.4) is 0 Å². The molecular formula is C23H23F7N6O2. The molecule has 206 valence electrons. The van der Waals surface area contributed by atoms with Gasteiger partial charge in [0.05, 0.1) is 12.8 Å². The zero-order valence-corrected chi connectivity index (χ0v) is 20.1. The number of pyridine rings is 1. The molecule has 4 rings (SSSR count). The van der Waals surface area contributed by atoms with Crippen molar-refractivity contribution < 1.29 is 40.2 Å². The molecule has 0 bridgehead atoms. The van der Waals surface area contributed by atoms with E-state index >= 15 is 4.39 Å². The third-order valence-corrected chi connectivity index (χ3v) is 5.98. The Hall–Kier alpha value is -3.62. The first-order valence-corrected chi connectivity index (χ1v) is 11.4. The topological polar surface area (TPSA) is 107 Å². The molecule has 1 aliphatic rings. The van der Waals surface area contributed by atoms with Crippen molar-refractivity contribution >= 4 is 22.4 Å². The molecule has 0 amide bonds. The highest BCUT2D eigenvalue weighted by atomic mass is 19.4. The molecule has 0 radical (unpaired) electrons. The molecule has 3 heterocycles. The monoisotopic (exact) mass is 548 g/mol. The van der Waals surface area contributed by atoms with Crippen LogP contribution >= 0.6 is 0 Å². The van der Waals surface area contributed by atoms with Crippen LogP contribution in [0.4, 0.5) is 42.2 Å². The van der Waals surface area contributed by atoms with E-state index in [9.17, 15) is 26.3 Å². The minimum atomic E-state index is -4.84. The smallest absolute Gasteiger partial charge is 0.425 e. The van der Waals surface area contributed by atoms with Gasteiger partial charge in [0.1, 0.15) is 28.2 Å². The van der Waals surface area contributed by atoms with Gasteiger partial charge >= 0.3 is 12.2 Å². The lowest BCUT2D eigenvalue weighted by molar-refractivity contribution is -0.196. The summed E-state index contributed by atoms with van der Waals surface area (Å²) in [4.78, 5) is 12.0. The van der Waals surface area contributed by atoms with Crippen LogP contribution in [0, 0.1) is 18.6 Å². The number of benzene rings is 1. The number of aromatic nitrogens is 3. The van der Waals surface area contributed by atoms with Gasteiger partial charge in [-0.15, -0.1) is 0 Å². The first-order chi connectivity index (χ1) is 17.9. The fourth-order valence-corrected chi connectivity index (χ4v) is 4.14.